The van der Waals surface area contributed by atoms with E-state index in [2.05, 4.69) is 15.3 Å². The van der Waals surface area contributed by atoms with E-state index in [0.717, 1.165) is 33.1 Å². The number of hydrogen-bond donors (Lipinski definition) is 2. The summed E-state index contributed by atoms with van der Waals surface area (Å²) in [6, 6.07) is 11.6. The van der Waals surface area contributed by atoms with Crippen LogP contribution in [-0.4, -0.2) is 28.4 Å². The number of nitrogens with one attached hydrogen (secondary N) is 1. The Kier molecular flexibility index (Phi) is 5.18. The zero-order valence-corrected chi connectivity index (χ0v) is 17.8. The molecule has 0 atom stereocenters. The van der Waals surface area contributed by atoms with Gasteiger partial charge in [-0.25, -0.2) is 18.2 Å². The van der Waals surface area contributed by atoms with Crippen LogP contribution >= 0.6 is 0 Å². The van der Waals surface area contributed by atoms with E-state index in [1.165, 1.54) is 24.3 Å². The number of hydrogen-bond acceptors (Lipinski definition) is 4. The first-order valence-corrected chi connectivity index (χ1v) is 10.9. The van der Waals surface area contributed by atoms with Crippen molar-refractivity contribution in [2.75, 3.05) is 0 Å². The number of halogens is 3. The van der Waals surface area contributed by atoms with E-state index >= 15 is 0 Å². The maximum absolute atomic E-state index is 13.5. The second kappa shape index (κ2) is 7.61. The lowest BCUT2D eigenvalue weighted by Crippen LogP contribution is -2.12. The summed E-state index contributed by atoms with van der Waals surface area (Å²) in [5, 5.41) is 15.7. The Morgan fingerprint density at radius 3 is 2.19 bits per heavy atom. The number of H-pyrrole nitrogens is 1. The van der Waals surface area contributed by atoms with Gasteiger partial charge in [0.25, 0.3) is 0 Å². The van der Waals surface area contributed by atoms with Crippen molar-refractivity contribution in [3.05, 3.63) is 71.5 Å². The Morgan fingerprint density at radius 2 is 1.62 bits per heavy atom. The van der Waals surface area contributed by atoms with Crippen molar-refractivity contribution in [1.82, 2.24) is 20.0 Å². The minimum atomic E-state index is -4.66. The van der Waals surface area contributed by atoms with Crippen LogP contribution < -0.4 is 5.14 Å². The van der Waals surface area contributed by atoms with Crippen LogP contribution in [0, 0.1) is 13.8 Å². The van der Waals surface area contributed by atoms with E-state index in [1.54, 1.807) is 25.3 Å². The van der Waals surface area contributed by atoms with E-state index < -0.39 is 21.9 Å². The number of primary sulfonamides is 1. The van der Waals surface area contributed by atoms with Gasteiger partial charge < -0.3 is 0 Å². The molecule has 0 spiro atoms. The summed E-state index contributed by atoms with van der Waals surface area (Å²) in [6.45, 7) is 3.70. The van der Waals surface area contributed by atoms with Crippen molar-refractivity contribution in [3.63, 3.8) is 0 Å². The maximum Gasteiger partial charge on any atom is 0.435 e. The number of aromatic nitrogens is 4. The molecule has 2 heterocycles. The van der Waals surface area contributed by atoms with Crippen molar-refractivity contribution in [2.24, 2.45) is 5.14 Å². The molecule has 0 aliphatic carbocycles. The van der Waals surface area contributed by atoms with Crippen molar-refractivity contribution in [3.8, 4) is 28.2 Å². The quantitative estimate of drug-likeness (QED) is 0.475. The zero-order valence-electron chi connectivity index (χ0n) is 17.0. The van der Waals surface area contributed by atoms with Crippen molar-refractivity contribution in [1.29, 1.82) is 0 Å². The van der Waals surface area contributed by atoms with Crippen LogP contribution in [0.2, 0.25) is 0 Å². The monoisotopic (exact) mass is 461 g/mol. The lowest BCUT2D eigenvalue weighted by atomic mass is 9.96. The highest BCUT2D eigenvalue weighted by Gasteiger charge is 2.35. The molecular formula is C21H18F3N5O2S. The predicted molar refractivity (Wildman–Crippen MR) is 112 cm³/mol. The van der Waals surface area contributed by atoms with Crippen LogP contribution in [0.4, 0.5) is 13.2 Å². The van der Waals surface area contributed by atoms with Gasteiger partial charge in [0.05, 0.1) is 22.0 Å². The molecule has 0 aliphatic heterocycles. The molecule has 4 aromatic rings. The molecule has 2 aromatic heterocycles. The Morgan fingerprint density at radius 1 is 0.969 bits per heavy atom. The summed E-state index contributed by atoms with van der Waals surface area (Å²) in [6.07, 6.45) is -3.07. The largest absolute Gasteiger partial charge is 0.435 e. The van der Waals surface area contributed by atoms with Gasteiger partial charge in [-0.1, -0.05) is 6.07 Å². The van der Waals surface area contributed by atoms with Crippen LogP contribution in [0.25, 0.3) is 28.2 Å². The highest BCUT2D eigenvalue weighted by atomic mass is 32.2. The minimum Gasteiger partial charge on any atom is -0.278 e. The molecule has 166 valence electrons. The third-order valence-electron chi connectivity index (χ3n) is 5.05. The molecule has 0 saturated carbocycles. The van der Waals surface area contributed by atoms with Crippen molar-refractivity contribution in [2.45, 2.75) is 24.9 Å². The van der Waals surface area contributed by atoms with Gasteiger partial charge in [-0.2, -0.15) is 23.4 Å². The lowest BCUT2D eigenvalue weighted by molar-refractivity contribution is -0.141. The van der Waals surface area contributed by atoms with Gasteiger partial charge in [0.2, 0.25) is 10.0 Å². The third kappa shape index (κ3) is 4.04. The van der Waals surface area contributed by atoms with E-state index in [1.807, 2.05) is 13.0 Å². The molecule has 0 bridgehead atoms. The summed E-state index contributed by atoms with van der Waals surface area (Å²) in [4.78, 5) is -0.154. The first-order valence-electron chi connectivity index (χ1n) is 9.37. The number of nitrogens with two attached hydrogens (primary N) is 1. The highest BCUT2D eigenvalue weighted by molar-refractivity contribution is 7.89. The normalized spacial score (nSPS) is 12.3. The van der Waals surface area contributed by atoms with Crippen molar-refractivity contribution < 1.29 is 21.6 Å². The SMILES string of the molecule is Cc1cc(C)c(-c2cc(C(F)(F)F)nn2-c2ccc(S(N)(=O)=O)cc2)cc1-c1ccn[nH]1. The highest BCUT2D eigenvalue weighted by Crippen LogP contribution is 2.36. The Labute approximate surface area is 181 Å². The number of benzene rings is 2. The van der Waals surface area contributed by atoms with Gasteiger partial charge in [0.15, 0.2) is 5.69 Å². The molecule has 0 amide bonds. The summed E-state index contributed by atoms with van der Waals surface area (Å²) < 4.78 is 64.7. The van der Waals surface area contributed by atoms with E-state index in [-0.39, 0.29) is 16.3 Å². The second-order valence-electron chi connectivity index (χ2n) is 7.32. The average Bonchev–Trinajstić information content (AvgIpc) is 3.37. The molecule has 7 nitrogen and oxygen atoms in total. The fourth-order valence-electron chi connectivity index (χ4n) is 3.51. The molecular weight excluding hydrogens is 443 g/mol. The van der Waals surface area contributed by atoms with E-state index in [9.17, 15) is 21.6 Å². The van der Waals surface area contributed by atoms with Gasteiger partial charge >= 0.3 is 6.18 Å². The summed E-state index contributed by atoms with van der Waals surface area (Å²) in [5.74, 6) is 0. The molecule has 2 aromatic carbocycles. The summed E-state index contributed by atoms with van der Waals surface area (Å²) in [5.41, 5.74) is 3.13. The molecule has 0 aliphatic rings. The van der Waals surface area contributed by atoms with Crippen LogP contribution in [0.5, 0.6) is 0 Å². The molecule has 4 rings (SSSR count). The van der Waals surface area contributed by atoms with Gasteiger partial charge in [0, 0.05) is 17.3 Å². The second-order valence-corrected chi connectivity index (χ2v) is 8.88. The number of aromatic amines is 1. The topological polar surface area (TPSA) is 107 Å². The van der Waals surface area contributed by atoms with E-state index in [4.69, 9.17) is 5.14 Å². The molecule has 0 fully saturated rings. The molecule has 0 saturated heterocycles. The molecule has 0 radical (unpaired) electrons. The van der Waals surface area contributed by atoms with Crippen LogP contribution in [0.15, 0.2) is 59.6 Å². The maximum atomic E-state index is 13.5. The number of sulfonamides is 1. The van der Waals surface area contributed by atoms with E-state index in [0.29, 0.717) is 5.56 Å². The van der Waals surface area contributed by atoms with Gasteiger partial charge in [0.1, 0.15) is 0 Å². The molecule has 11 heteroatoms. The van der Waals surface area contributed by atoms with Crippen LogP contribution in [0.1, 0.15) is 16.8 Å². The fraction of sp³-hybridized carbons (Fsp3) is 0.143. The first-order chi connectivity index (χ1) is 14.9. The van der Waals surface area contributed by atoms with Crippen LogP contribution in [0.3, 0.4) is 0 Å². The summed E-state index contributed by atoms with van der Waals surface area (Å²) >= 11 is 0. The Balaban J connectivity index is 1.94. The minimum absolute atomic E-state index is 0.154. The predicted octanol–water partition coefficient (Wildman–Crippen LogP) is 4.21. The standard InChI is InChI=1S/C21H18F3N5O2S/c1-12-9-13(2)17(10-16(12)18-7-8-26-27-18)19-11-20(21(22,23)24)28-29(19)14-3-5-15(6-4-14)32(25,30)31/h3-11H,1-2H3,(H,26,27)(H2,25,30,31). The average molecular weight is 461 g/mol. The first kappa shape index (κ1) is 21.8. The van der Waals surface area contributed by atoms with Gasteiger partial charge in [-0.3, -0.25) is 5.10 Å². The van der Waals surface area contributed by atoms with Gasteiger partial charge in [-0.15, -0.1) is 0 Å². The lowest BCUT2D eigenvalue weighted by Gasteiger charge is -2.14. The third-order valence-corrected chi connectivity index (χ3v) is 5.98. The molecule has 32 heavy (non-hydrogen) atoms. The van der Waals surface area contributed by atoms with Gasteiger partial charge in [-0.05, 0) is 67.4 Å². The smallest absolute Gasteiger partial charge is 0.278 e. The number of nitrogens with zero attached hydrogens (tertiary/aromatic N) is 3. The molecule has 0 unspecified atom stereocenters. The Hall–Kier alpha value is -3.44. The molecule has 3 N–H and O–H groups in total. The van der Waals surface area contributed by atoms with Crippen molar-refractivity contribution >= 4 is 10.0 Å². The Bertz CT molecular complexity index is 1390. The zero-order chi connectivity index (χ0) is 23.3. The van der Waals surface area contributed by atoms with Crippen LogP contribution in [-0.2, 0) is 16.2 Å². The number of aryl methyl sites for hydroxylation is 2. The number of rotatable bonds is 4. The summed E-state index contributed by atoms with van der Waals surface area (Å²) in [7, 11) is -3.94. The fourth-order valence-corrected chi connectivity index (χ4v) is 4.03. The number of alkyl halides is 3.